The monoisotopic (exact) mass is 554 g/mol. The molecule has 4 rings (SSSR count). The minimum Gasteiger partial charge on any atom is -0.478 e. The molecular weight excluding hydrogens is 504 g/mol. The fourth-order valence-electron chi connectivity index (χ4n) is 9.50. The smallest absolute Gasteiger partial charge is 0.330 e. The third-order valence-corrected chi connectivity index (χ3v) is 12.1. The van der Waals surface area contributed by atoms with Crippen molar-refractivity contribution in [3.63, 3.8) is 0 Å². The summed E-state index contributed by atoms with van der Waals surface area (Å²) in [6.07, 6.45) is 12.7. The largest absolute Gasteiger partial charge is 0.478 e. The zero-order valence-electron chi connectivity index (χ0n) is 26.1. The molecule has 0 aromatic carbocycles. The summed E-state index contributed by atoms with van der Waals surface area (Å²) in [7, 11) is 0. The summed E-state index contributed by atoms with van der Waals surface area (Å²) in [5.74, 6) is -0.637. The lowest BCUT2D eigenvalue weighted by Crippen LogP contribution is -2.55. The van der Waals surface area contributed by atoms with E-state index in [-0.39, 0.29) is 57.3 Å². The number of aliphatic carboxylic acids is 1. The first kappa shape index (κ1) is 30.6. The molecule has 0 aromatic rings. The molecule has 222 valence electrons. The number of ether oxygens (including phenoxy) is 2. The summed E-state index contributed by atoms with van der Waals surface area (Å²) in [5.41, 5.74) is 3.21. The Morgan fingerprint density at radius 3 is 2.27 bits per heavy atom. The average Bonchev–Trinajstić information content (AvgIpc) is 3.13. The molecule has 2 saturated carbocycles. The van der Waals surface area contributed by atoms with Crippen LogP contribution in [0.15, 0.2) is 34.9 Å². The van der Waals surface area contributed by atoms with E-state index in [0.29, 0.717) is 18.3 Å². The Labute approximate surface area is 240 Å². The number of carbonyl (C=O) groups is 3. The van der Waals surface area contributed by atoms with Gasteiger partial charge in [-0.1, -0.05) is 59.8 Å². The number of carboxylic acids is 1. The normalized spacial score (nSPS) is 38.0. The van der Waals surface area contributed by atoms with E-state index in [2.05, 4.69) is 53.7 Å². The zero-order chi connectivity index (χ0) is 29.8. The van der Waals surface area contributed by atoms with Crippen molar-refractivity contribution in [2.75, 3.05) is 0 Å². The summed E-state index contributed by atoms with van der Waals surface area (Å²) in [6, 6.07) is 0. The first-order valence-corrected chi connectivity index (χ1v) is 15.1. The van der Waals surface area contributed by atoms with Gasteiger partial charge in [0.15, 0.2) is 0 Å². The topological polar surface area (TPSA) is 89.9 Å². The molecule has 40 heavy (non-hydrogen) atoms. The van der Waals surface area contributed by atoms with Gasteiger partial charge in [0.05, 0.1) is 0 Å². The van der Waals surface area contributed by atoms with Crippen LogP contribution in [-0.2, 0) is 23.9 Å². The first-order chi connectivity index (χ1) is 18.5. The number of allylic oxidation sites excluding steroid dienone is 4. The summed E-state index contributed by atoms with van der Waals surface area (Å²) >= 11 is 0. The molecule has 0 aliphatic heterocycles. The Bertz CT molecular complexity index is 1160. The van der Waals surface area contributed by atoms with Crippen LogP contribution in [0.3, 0.4) is 0 Å². The van der Waals surface area contributed by atoms with Gasteiger partial charge in [-0.15, -0.1) is 0 Å². The third-order valence-electron chi connectivity index (χ3n) is 12.1. The maximum atomic E-state index is 12.1. The van der Waals surface area contributed by atoms with Crippen LogP contribution in [0, 0.1) is 39.4 Å². The minimum atomic E-state index is -0.944. The second-order valence-corrected chi connectivity index (χ2v) is 14.4. The molecule has 0 unspecified atom stereocenters. The highest BCUT2D eigenvalue weighted by Gasteiger charge is 2.63. The van der Waals surface area contributed by atoms with E-state index in [9.17, 15) is 19.5 Å². The summed E-state index contributed by atoms with van der Waals surface area (Å²) in [6.45, 7) is 18.6. The van der Waals surface area contributed by atoms with Crippen molar-refractivity contribution in [1.82, 2.24) is 0 Å². The van der Waals surface area contributed by atoms with Crippen molar-refractivity contribution in [2.45, 2.75) is 119 Å². The van der Waals surface area contributed by atoms with Crippen LogP contribution in [0.2, 0.25) is 0 Å². The van der Waals surface area contributed by atoms with Crippen molar-refractivity contribution in [2.24, 2.45) is 39.4 Å². The average molecular weight is 555 g/mol. The Balaban J connectivity index is 1.66. The lowest BCUT2D eigenvalue weighted by Gasteiger charge is -2.61. The zero-order valence-corrected chi connectivity index (χ0v) is 26.1. The molecule has 4 aliphatic carbocycles. The molecule has 8 atom stereocenters. The van der Waals surface area contributed by atoms with Crippen LogP contribution in [0.25, 0.3) is 0 Å². The second-order valence-electron chi connectivity index (χ2n) is 14.4. The molecule has 0 aromatic heterocycles. The number of rotatable bonds is 7. The van der Waals surface area contributed by atoms with Gasteiger partial charge in [0, 0.05) is 31.3 Å². The maximum Gasteiger partial charge on any atom is 0.330 e. The van der Waals surface area contributed by atoms with E-state index in [1.807, 2.05) is 0 Å². The van der Waals surface area contributed by atoms with Crippen molar-refractivity contribution in [3.05, 3.63) is 34.9 Å². The molecule has 1 N–H and O–H groups in total. The van der Waals surface area contributed by atoms with Gasteiger partial charge in [-0.2, -0.15) is 0 Å². The molecular formula is C34H50O6. The Morgan fingerprint density at radius 1 is 1.00 bits per heavy atom. The number of hydrogen-bond acceptors (Lipinski definition) is 5. The fraction of sp³-hybridized carbons (Fsp3) is 0.735. The van der Waals surface area contributed by atoms with Gasteiger partial charge in [0.25, 0.3) is 0 Å². The van der Waals surface area contributed by atoms with E-state index >= 15 is 0 Å². The predicted molar refractivity (Wildman–Crippen MR) is 155 cm³/mol. The number of carbonyl (C=O) groups excluding carboxylic acids is 2. The number of fused-ring (bicyclic) bond motifs is 5. The highest BCUT2D eigenvalue weighted by atomic mass is 16.5. The molecule has 0 spiro atoms. The number of hydrogen-bond donors (Lipinski definition) is 1. The van der Waals surface area contributed by atoms with E-state index in [1.54, 1.807) is 13.0 Å². The molecule has 0 amide bonds. The van der Waals surface area contributed by atoms with Gasteiger partial charge in [-0.05, 0) is 90.6 Å². The van der Waals surface area contributed by atoms with Crippen LogP contribution in [-0.4, -0.2) is 35.2 Å². The highest BCUT2D eigenvalue weighted by molar-refractivity contribution is 5.85. The molecule has 6 nitrogen and oxygen atoms in total. The van der Waals surface area contributed by atoms with Gasteiger partial charge in [-0.25, -0.2) is 4.79 Å². The van der Waals surface area contributed by atoms with Gasteiger partial charge in [0.1, 0.15) is 12.2 Å². The van der Waals surface area contributed by atoms with E-state index in [0.717, 1.165) is 38.5 Å². The Morgan fingerprint density at radius 2 is 1.68 bits per heavy atom. The molecule has 2 fully saturated rings. The van der Waals surface area contributed by atoms with Crippen molar-refractivity contribution in [1.29, 1.82) is 0 Å². The molecule has 4 aliphatic rings. The quantitative estimate of drug-likeness (QED) is 0.260. The van der Waals surface area contributed by atoms with Gasteiger partial charge in [0.2, 0.25) is 0 Å². The number of carboxylic acid groups (broad SMARTS) is 1. The SMILES string of the molecule is CC(=O)O[C@@H](C/C=C(\C)C(=O)O)[C@@H](C)[C@H]1CC[C@@]2(C)C3=CC[C@H]4C(C)(C)[C@@H](OC(C)=O)CC[C@]4(C)C3=CC[C@]12C. The molecule has 6 heteroatoms. The molecule has 0 radical (unpaired) electrons. The highest BCUT2D eigenvalue weighted by Crippen LogP contribution is 2.72. The Kier molecular flexibility index (Phi) is 8.01. The maximum absolute atomic E-state index is 12.1. The lowest BCUT2D eigenvalue weighted by molar-refractivity contribution is -0.165. The van der Waals surface area contributed by atoms with Crippen LogP contribution < -0.4 is 0 Å². The standard InChI is InChI=1S/C34H50O6/c1-20(30(37)38)10-12-27(39-22(3)35)21(2)24-14-18-34(9)26-11-13-28-31(5,6)29(40-23(4)36)16-17-32(28,7)25(26)15-19-33(24,34)8/h10-11,15,21,24,27-29H,12-14,16-19H2,1-9H3,(H,37,38)/b20-10+/t21-,24+,27-,28-,29-,32+,33+,34-/m0/s1. The Hall–Kier alpha value is -2.37. The lowest BCUT2D eigenvalue weighted by atomic mass is 9.44. The number of esters is 2. The molecule has 0 saturated heterocycles. The molecule has 0 bridgehead atoms. The van der Waals surface area contributed by atoms with Gasteiger partial charge in [-0.3, -0.25) is 9.59 Å². The predicted octanol–water partition coefficient (Wildman–Crippen LogP) is 7.43. The van der Waals surface area contributed by atoms with Crippen LogP contribution in [0.1, 0.15) is 107 Å². The fourth-order valence-corrected chi connectivity index (χ4v) is 9.50. The van der Waals surface area contributed by atoms with E-state index in [4.69, 9.17) is 9.47 Å². The van der Waals surface area contributed by atoms with E-state index < -0.39 is 5.97 Å². The molecule has 0 heterocycles. The summed E-state index contributed by atoms with van der Waals surface area (Å²) in [5, 5.41) is 9.34. The first-order valence-electron chi connectivity index (χ1n) is 15.1. The van der Waals surface area contributed by atoms with Crippen molar-refractivity contribution in [3.8, 4) is 0 Å². The minimum absolute atomic E-state index is 0.000631. The second kappa shape index (κ2) is 10.5. The summed E-state index contributed by atoms with van der Waals surface area (Å²) in [4.78, 5) is 35.3. The van der Waals surface area contributed by atoms with Gasteiger partial charge < -0.3 is 14.6 Å². The third kappa shape index (κ3) is 4.77. The van der Waals surface area contributed by atoms with Crippen LogP contribution >= 0.6 is 0 Å². The van der Waals surface area contributed by atoms with Gasteiger partial charge >= 0.3 is 17.9 Å². The van der Waals surface area contributed by atoms with Crippen LogP contribution in [0.5, 0.6) is 0 Å². The van der Waals surface area contributed by atoms with Crippen molar-refractivity contribution < 1.29 is 29.0 Å². The van der Waals surface area contributed by atoms with E-state index in [1.165, 1.54) is 25.0 Å². The van der Waals surface area contributed by atoms with Crippen molar-refractivity contribution >= 4 is 17.9 Å². The van der Waals surface area contributed by atoms with Crippen LogP contribution in [0.4, 0.5) is 0 Å². The summed E-state index contributed by atoms with van der Waals surface area (Å²) < 4.78 is 11.7.